The van der Waals surface area contributed by atoms with Crippen molar-refractivity contribution in [1.82, 2.24) is 0 Å². The van der Waals surface area contributed by atoms with E-state index in [1.54, 1.807) is 18.3 Å². The minimum Gasteiger partial charge on any atom is -0.507 e. The van der Waals surface area contributed by atoms with Gasteiger partial charge in [-0.1, -0.05) is 49.4 Å². The molecule has 23 heavy (non-hydrogen) atoms. The number of hydrogen-bond acceptors (Lipinski definition) is 3. The summed E-state index contributed by atoms with van der Waals surface area (Å²) in [7, 11) is 0. The quantitative estimate of drug-likeness (QED) is 0.562. The monoisotopic (exact) mass is 303 g/mol. The molecular weight excluding hydrogens is 286 g/mol. The van der Waals surface area contributed by atoms with E-state index in [0.717, 1.165) is 29.3 Å². The van der Waals surface area contributed by atoms with Gasteiger partial charge in [0.2, 0.25) is 0 Å². The molecule has 0 aliphatic heterocycles. The molecule has 0 saturated carbocycles. The molecule has 0 aliphatic carbocycles. The number of carbonyl (C=O) groups excluding carboxylic acids is 1. The topological polar surface area (TPSA) is 49.7 Å². The highest BCUT2D eigenvalue weighted by Crippen LogP contribution is 2.30. The smallest absolute Gasteiger partial charge is 0.150 e. The highest BCUT2D eigenvalue weighted by molar-refractivity contribution is 6.05. The van der Waals surface area contributed by atoms with E-state index in [1.807, 2.05) is 42.5 Å². The molecule has 0 radical (unpaired) electrons. The number of aliphatic imine (C=N–C) groups is 1. The molecule has 3 nitrogen and oxygen atoms in total. The van der Waals surface area contributed by atoms with Crippen molar-refractivity contribution in [3.8, 4) is 5.75 Å². The summed E-state index contributed by atoms with van der Waals surface area (Å²) in [5, 5.41) is 11.9. The summed E-state index contributed by atoms with van der Waals surface area (Å²) < 4.78 is 0. The Bertz CT molecular complexity index is 897. The Kier molecular flexibility index (Phi) is 4.20. The maximum atomic E-state index is 11.3. The molecule has 0 bridgehead atoms. The maximum Gasteiger partial charge on any atom is 0.150 e. The molecule has 0 saturated heterocycles. The van der Waals surface area contributed by atoms with Crippen LogP contribution < -0.4 is 0 Å². The number of nitrogens with zero attached hydrogens (tertiary/aromatic N) is 1. The van der Waals surface area contributed by atoms with E-state index >= 15 is 0 Å². The van der Waals surface area contributed by atoms with Gasteiger partial charge in [0.15, 0.2) is 6.29 Å². The minimum absolute atomic E-state index is 0.143. The van der Waals surface area contributed by atoms with E-state index in [9.17, 15) is 9.90 Å². The van der Waals surface area contributed by atoms with Crippen LogP contribution in [0.15, 0.2) is 59.6 Å². The molecule has 3 heteroatoms. The fourth-order valence-corrected chi connectivity index (χ4v) is 2.68. The Balaban J connectivity index is 2.11. The van der Waals surface area contributed by atoms with Gasteiger partial charge in [0.25, 0.3) is 0 Å². The van der Waals surface area contributed by atoms with Gasteiger partial charge in [0.1, 0.15) is 5.75 Å². The zero-order valence-electron chi connectivity index (χ0n) is 12.9. The summed E-state index contributed by atoms with van der Waals surface area (Å²) in [5.74, 6) is 0.143. The Morgan fingerprint density at radius 3 is 2.43 bits per heavy atom. The van der Waals surface area contributed by atoms with E-state index in [-0.39, 0.29) is 5.75 Å². The highest BCUT2D eigenvalue weighted by atomic mass is 16.3. The normalized spacial score (nSPS) is 11.2. The van der Waals surface area contributed by atoms with Crippen LogP contribution in [0.4, 0.5) is 5.69 Å². The number of phenols is 1. The van der Waals surface area contributed by atoms with Crippen LogP contribution in [0.5, 0.6) is 5.75 Å². The van der Waals surface area contributed by atoms with Gasteiger partial charge in [-0.05, 0) is 29.5 Å². The van der Waals surface area contributed by atoms with Crippen molar-refractivity contribution in [2.45, 2.75) is 13.3 Å². The van der Waals surface area contributed by atoms with E-state index in [0.29, 0.717) is 16.5 Å². The Hall–Kier alpha value is -2.94. The Morgan fingerprint density at radius 2 is 1.70 bits per heavy atom. The number of phenolic OH excluding ortho intramolecular Hbond substituents is 1. The van der Waals surface area contributed by atoms with Gasteiger partial charge in [-0.2, -0.15) is 0 Å². The van der Waals surface area contributed by atoms with Crippen LogP contribution in [0.2, 0.25) is 0 Å². The Morgan fingerprint density at radius 1 is 1.00 bits per heavy atom. The van der Waals surface area contributed by atoms with Crippen molar-refractivity contribution in [3.05, 3.63) is 71.3 Å². The largest absolute Gasteiger partial charge is 0.507 e. The van der Waals surface area contributed by atoms with Crippen molar-refractivity contribution >= 4 is 29.0 Å². The van der Waals surface area contributed by atoms with Crippen LogP contribution in [0, 0.1) is 0 Å². The lowest BCUT2D eigenvalue weighted by Crippen LogP contribution is -1.91. The molecule has 0 fully saturated rings. The van der Waals surface area contributed by atoms with Gasteiger partial charge in [-0.15, -0.1) is 0 Å². The molecule has 0 atom stereocenters. The molecule has 0 aliphatic rings. The number of para-hydroxylation sites is 1. The first-order valence-corrected chi connectivity index (χ1v) is 7.56. The molecule has 0 spiro atoms. The standard InChI is InChI=1S/C20H17NO2/c1-2-14-7-3-6-10-19(14)21-12-15-11-16(13-22)17-8-4-5-9-18(17)20(15)23/h3-13,23H,2H2,1H3. The molecule has 0 unspecified atom stereocenters. The third-order valence-corrected chi connectivity index (χ3v) is 3.92. The summed E-state index contributed by atoms with van der Waals surface area (Å²) in [6.45, 7) is 2.08. The maximum absolute atomic E-state index is 11.3. The van der Waals surface area contributed by atoms with Gasteiger partial charge in [0.05, 0.1) is 5.69 Å². The van der Waals surface area contributed by atoms with Crippen molar-refractivity contribution in [2.75, 3.05) is 0 Å². The number of hydrogen-bond donors (Lipinski definition) is 1. The third kappa shape index (κ3) is 2.86. The number of carbonyl (C=O) groups is 1. The van der Waals surface area contributed by atoms with Crippen LogP contribution in [-0.2, 0) is 6.42 Å². The van der Waals surface area contributed by atoms with Crippen LogP contribution in [0.1, 0.15) is 28.4 Å². The second kappa shape index (κ2) is 6.44. The summed E-state index contributed by atoms with van der Waals surface area (Å²) >= 11 is 0. The number of rotatable bonds is 4. The Labute approximate surface area is 134 Å². The minimum atomic E-state index is 0.143. The summed E-state index contributed by atoms with van der Waals surface area (Å²) in [6.07, 6.45) is 3.30. The van der Waals surface area contributed by atoms with E-state index < -0.39 is 0 Å². The summed E-state index contributed by atoms with van der Waals surface area (Å²) in [5.41, 5.74) is 3.09. The second-order valence-electron chi connectivity index (χ2n) is 5.31. The zero-order chi connectivity index (χ0) is 16.2. The van der Waals surface area contributed by atoms with Gasteiger partial charge in [-0.25, -0.2) is 0 Å². The number of benzene rings is 3. The van der Waals surface area contributed by atoms with Gasteiger partial charge in [-0.3, -0.25) is 9.79 Å². The van der Waals surface area contributed by atoms with Crippen LogP contribution in [-0.4, -0.2) is 17.6 Å². The molecule has 0 amide bonds. The van der Waals surface area contributed by atoms with E-state index in [2.05, 4.69) is 11.9 Å². The number of aryl methyl sites for hydroxylation is 1. The predicted molar refractivity (Wildman–Crippen MR) is 94.1 cm³/mol. The molecule has 0 heterocycles. The van der Waals surface area contributed by atoms with Crippen LogP contribution in [0.25, 0.3) is 10.8 Å². The first-order chi connectivity index (χ1) is 11.2. The number of fused-ring (bicyclic) bond motifs is 1. The van der Waals surface area contributed by atoms with Gasteiger partial charge < -0.3 is 5.11 Å². The summed E-state index contributed by atoms with van der Waals surface area (Å²) in [6, 6.07) is 16.9. The fraction of sp³-hybridized carbons (Fsp3) is 0.100. The van der Waals surface area contributed by atoms with Gasteiger partial charge in [0, 0.05) is 22.7 Å². The van der Waals surface area contributed by atoms with E-state index in [1.165, 1.54) is 0 Å². The van der Waals surface area contributed by atoms with Crippen LogP contribution >= 0.6 is 0 Å². The third-order valence-electron chi connectivity index (χ3n) is 3.92. The average molecular weight is 303 g/mol. The number of aldehydes is 1. The molecular formula is C20H17NO2. The average Bonchev–Trinajstić information content (AvgIpc) is 2.61. The SMILES string of the molecule is CCc1ccccc1N=Cc1cc(C=O)c2ccccc2c1O. The van der Waals surface area contributed by atoms with Crippen LogP contribution in [0.3, 0.4) is 0 Å². The fourth-order valence-electron chi connectivity index (χ4n) is 2.68. The van der Waals surface area contributed by atoms with Crippen molar-refractivity contribution < 1.29 is 9.90 Å². The lowest BCUT2D eigenvalue weighted by molar-refractivity contribution is 0.112. The van der Waals surface area contributed by atoms with Crippen molar-refractivity contribution in [1.29, 1.82) is 0 Å². The molecule has 3 rings (SSSR count). The molecule has 1 N–H and O–H groups in total. The van der Waals surface area contributed by atoms with Crippen molar-refractivity contribution in [2.24, 2.45) is 4.99 Å². The lowest BCUT2D eigenvalue weighted by Gasteiger charge is -2.07. The molecule has 3 aromatic rings. The predicted octanol–water partition coefficient (Wildman–Crippen LogP) is 4.67. The second-order valence-corrected chi connectivity index (χ2v) is 5.31. The number of aromatic hydroxyl groups is 1. The molecule has 3 aromatic carbocycles. The first-order valence-electron chi connectivity index (χ1n) is 7.56. The molecule has 114 valence electrons. The zero-order valence-corrected chi connectivity index (χ0v) is 12.9. The van der Waals surface area contributed by atoms with E-state index in [4.69, 9.17) is 0 Å². The van der Waals surface area contributed by atoms with Crippen molar-refractivity contribution in [3.63, 3.8) is 0 Å². The lowest BCUT2D eigenvalue weighted by atomic mass is 10.0. The summed E-state index contributed by atoms with van der Waals surface area (Å²) in [4.78, 5) is 15.8. The first kappa shape index (κ1) is 15.0. The van der Waals surface area contributed by atoms with Gasteiger partial charge >= 0.3 is 0 Å². The highest BCUT2D eigenvalue weighted by Gasteiger charge is 2.09. The molecule has 0 aromatic heterocycles.